The van der Waals surface area contributed by atoms with Crippen LogP contribution in [0.2, 0.25) is 5.02 Å². The highest BCUT2D eigenvalue weighted by atomic mass is 35.5. The van der Waals surface area contributed by atoms with E-state index in [0.717, 1.165) is 87.4 Å². The van der Waals surface area contributed by atoms with E-state index in [0.29, 0.717) is 58.6 Å². The van der Waals surface area contributed by atoms with Gasteiger partial charge in [-0.25, -0.2) is 9.97 Å². The molecule has 1 amide bonds. The lowest BCUT2D eigenvalue weighted by Gasteiger charge is -2.30. The Morgan fingerprint density at radius 2 is 1.69 bits per heavy atom. The van der Waals surface area contributed by atoms with E-state index in [1.165, 1.54) is 0 Å². The van der Waals surface area contributed by atoms with Crippen molar-refractivity contribution in [2.45, 2.75) is 64.5 Å². The van der Waals surface area contributed by atoms with E-state index in [1.54, 1.807) is 36.4 Å². The Balaban J connectivity index is 1.04. The Hall–Kier alpha value is -4.83. The van der Waals surface area contributed by atoms with E-state index in [4.69, 9.17) is 16.6 Å². The van der Waals surface area contributed by atoms with E-state index in [2.05, 4.69) is 26.6 Å². The number of nitrogens with one attached hydrogen (secondary N) is 2. The van der Waals surface area contributed by atoms with E-state index in [9.17, 15) is 24.8 Å². The summed E-state index contributed by atoms with van der Waals surface area (Å²) in [5, 5.41) is 26.1. The third-order valence-electron chi connectivity index (χ3n) is 11.1. The average molecular weight is 723 g/mol. The highest BCUT2D eigenvalue weighted by Gasteiger charge is 2.29. The molecule has 1 saturated carbocycles. The van der Waals surface area contributed by atoms with Crippen molar-refractivity contribution in [3.63, 3.8) is 0 Å². The molecule has 4 aromatic rings. The zero-order chi connectivity index (χ0) is 36.5. The molecule has 7 rings (SSSR count). The Morgan fingerprint density at radius 1 is 0.981 bits per heavy atom. The van der Waals surface area contributed by atoms with E-state index in [1.807, 2.05) is 23.2 Å². The van der Waals surface area contributed by atoms with Crippen LogP contribution in [0.15, 0.2) is 36.4 Å². The zero-order valence-corrected chi connectivity index (χ0v) is 30.3. The van der Waals surface area contributed by atoms with Gasteiger partial charge in [0.25, 0.3) is 5.91 Å². The highest BCUT2D eigenvalue weighted by Crippen LogP contribution is 2.37. The number of imidazole rings is 2. The van der Waals surface area contributed by atoms with Crippen molar-refractivity contribution in [3.05, 3.63) is 87.0 Å². The molecule has 0 unspecified atom stereocenters. The van der Waals surface area contributed by atoms with Crippen molar-refractivity contribution in [2.24, 2.45) is 25.9 Å². The van der Waals surface area contributed by atoms with Crippen LogP contribution in [0.3, 0.4) is 0 Å². The van der Waals surface area contributed by atoms with Crippen molar-refractivity contribution < 1.29 is 19.5 Å². The van der Waals surface area contributed by atoms with Crippen molar-refractivity contribution in [1.29, 1.82) is 5.26 Å². The van der Waals surface area contributed by atoms with Gasteiger partial charge in [-0.3, -0.25) is 19.3 Å². The molecule has 0 bridgehead atoms. The third-order valence-corrected chi connectivity index (χ3v) is 11.5. The van der Waals surface area contributed by atoms with Gasteiger partial charge < -0.3 is 24.9 Å². The van der Waals surface area contributed by atoms with Crippen LogP contribution in [0.25, 0.3) is 11.1 Å². The molecular formula is C39H43ClN8O4. The summed E-state index contributed by atoms with van der Waals surface area (Å²) in [6.07, 6.45) is 6.07. The zero-order valence-electron chi connectivity index (χ0n) is 29.5. The van der Waals surface area contributed by atoms with Gasteiger partial charge in [0.15, 0.2) is 11.6 Å². The van der Waals surface area contributed by atoms with Gasteiger partial charge in [-0.2, -0.15) is 5.26 Å². The van der Waals surface area contributed by atoms with Crippen molar-refractivity contribution in [3.8, 4) is 17.2 Å². The van der Waals surface area contributed by atoms with Gasteiger partial charge >= 0.3 is 5.97 Å². The average Bonchev–Trinajstić information content (AvgIpc) is 3.67. The molecule has 52 heavy (non-hydrogen) atoms. The van der Waals surface area contributed by atoms with Crippen LogP contribution in [-0.2, 0) is 51.2 Å². The summed E-state index contributed by atoms with van der Waals surface area (Å²) in [6, 6.07) is 13.0. The maximum Gasteiger partial charge on any atom is 0.306 e. The fraction of sp³-hybridized carbons (Fsp3) is 0.436. The highest BCUT2D eigenvalue weighted by molar-refractivity contribution is 6.36. The Morgan fingerprint density at radius 3 is 2.44 bits per heavy atom. The second kappa shape index (κ2) is 15.0. The van der Waals surface area contributed by atoms with Gasteiger partial charge in [-0.1, -0.05) is 41.9 Å². The summed E-state index contributed by atoms with van der Waals surface area (Å²) >= 11 is 6.95. The van der Waals surface area contributed by atoms with Crippen LogP contribution >= 0.6 is 11.6 Å². The Kier molecular flexibility index (Phi) is 10.3. The first-order valence-electron chi connectivity index (χ1n) is 18.0. The topological polar surface area (TPSA) is 158 Å². The molecule has 13 heteroatoms. The molecule has 2 aromatic carbocycles. The van der Waals surface area contributed by atoms with Gasteiger partial charge in [0, 0.05) is 82.1 Å². The number of carbonyl (C=O) groups is 3. The molecule has 3 aliphatic rings. The first-order chi connectivity index (χ1) is 25.1. The summed E-state index contributed by atoms with van der Waals surface area (Å²) in [5.41, 5.74) is 6.31. The van der Waals surface area contributed by atoms with Gasteiger partial charge in [0.1, 0.15) is 6.07 Å². The number of aromatic nitrogens is 4. The van der Waals surface area contributed by atoms with E-state index >= 15 is 0 Å². The molecule has 0 spiro atoms. The van der Waals surface area contributed by atoms with E-state index in [-0.39, 0.29) is 29.1 Å². The number of anilines is 1. The van der Waals surface area contributed by atoms with Gasteiger partial charge in [0.05, 0.1) is 33.6 Å². The molecule has 2 aromatic heterocycles. The molecule has 1 fully saturated rings. The Bertz CT molecular complexity index is 2090. The minimum Gasteiger partial charge on any atom is -0.481 e. The number of carboxylic acid groups (broad SMARTS) is 1. The van der Waals surface area contributed by atoms with Crippen LogP contribution in [-0.4, -0.2) is 66.4 Å². The smallest absolute Gasteiger partial charge is 0.306 e. The van der Waals surface area contributed by atoms with Gasteiger partial charge in [-0.15, -0.1) is 0 Å². The number of ketones is 1. The fourth-order valence-electron chi connectivity index (χ4n) is 8.12. The molecular weight excluding hydrogens is 680 g/mol. The lowest BCUT2D eigenvalue weighted by atomic mass is 9.80. The standard InChI is InChI=1S/C39H43ClN8O4/c1-46-32-13-16-42-21-30(32)43-36(46)34(49)19-25-5-3-6-26(28(25)20-41)27-7-4-8-29(35(27)40)45-38(50)37-44-31-22-48(18-15-33(31)47(37)2)17-14-23-9-11-24(12-10-23)39(51)52/h3-8,23-24,42H,9-19,21-22H2,1-2H3,(H,45,50)(H,51,52). The number of carboxylic acids is 1. The molecule has 0 radical (unpaired) electrons. The fourth-order valence-corrected chi connectivity index (χ4v) is 8.39. The number of nitriles is 1. The minimum absolute atomic E-state index is 0.0109. The largest absolute Gasteiger partial charge is 0.481 e. The predicted octanol–water partition coefficient (Wildman–Crippen LogP) is 5.31. The SMILES string of the molecule is Cn1c(C(=O)Cc2cccc(-c3cccc(NC(=O)c4nc5c(n4C)CCN(CCC4CCC(C(=O)O)CC4)C5)c3Cl)c2C#N)nc2c1CCNC2. The summed E-state index contributed by atoms with van der Waals surface area (Å²) < 4.78 is 3.72. The van der Waals surface area contributed by atoms with Gasteiger partial charge in [-0.05, 0) is 56.2 Å². The summed E-state index contributed by atoms with van der Waals surface area (Å²) in [4.78, 5) is 50.2. The van der Waals surface area contributed by atoms with Crippen LogP contribution in [0.4, 0.5) is 5.69 Å². The second-order valence-electron chi connectivity index (χ2n) is 14.2. The minimum atomic E-state index is -0.674. The number of aliphatic carboxylic acids is 1. The molecule has 3 N–H and O–H groups in total. The maximum absolute atomic E-state index is 13.7. The van der Waals surface area contributed by atoms with Crippen molar-refractivity contribution >= 4 is 34.9 Å². The maximum atomic E-state index is 13.7. The number of benzene rings is 2. The monoisotopic (exact) mass is 722 g/mol. The summed E-state index contributed by atoms with van der Waals surface area (Å²) in [6.45, 7) is 3.92. The first-order valence-corrected chi connectivity index (χ1v) is 18.4. The van der Waals surface area contributed by atoms with Crippen LogP contribution in [0.5, 0.6) is 0 Å². The molecule has 0 saturated heterocycles. The number of hydrogen-bond acceptors (Lipinski definition) is 8. The summed E-state index contributed by atoms with van der Waals surface area (Å²) in [5.74, 6) is -0.201. The van der Waals surface area contributed by atoms with E-state index < -0.39 is 5.97 Å². The molecule has 1 aliphatic carbocycles. The number of fused-ring (bicyclic) bond motifs is 2. The molecule has 2 aliphatic heterocycles. The second-order valence-corrected chi connectivity index (χ2v) is 14.6. The van der Waals surface area contributed by atoms with Crippen LogP contribution in [0.1, 0.15) is 87.2 Å². The lowest BCUT2D eigenvalue weighted by molar-refractivity contribution is -0.143. The molecule has 0 atom stereocenters. The third kappa shape index (κ3) is 7.00. The van der Waals surface area contributed by atoms with Gasteiger partial charge in [0.2, 0.25) is 5.78 Å². The van der Waals surface area contributed by atoms with Crippen molar-refractivity contribution in [1.82, 2.24) is 29.3 Å². The quantitative estimate of drug-likeness (QED) is 0.185. The lowest BCUT2D eigenvalue weighted by Crippen LogP contribution is -2.33. The number of hydrogen-bond donors (Lipinski definition) is 3. The number of nitrogens with zero attached hydrogens (tertiary/aromatic N) is 6. The number of rotatable bonds is 10. The van der Waals surface area contributed by atoms with Crippen molar-refractivity contribution in [2.75, 3.05) is 25.0 Å². The number of amides is 1. The Labute approximate surface area is 307 Å². The number of Topliss-reactive ketones (excluding diaryl/α,β-unsaturated/α-hetero) is 1. The normalized spacial score (nSPS) is 18.7. The summed E-state index contributed by atoms with van der Waals surface area (Å²) in [7, 11) is 3.72. The molecule has 4 heterocycles. The van der Waals surface area contributed by atoms with Crippen LogP contribution in [0, 0.1) is 23.2 Å². The molecule has 12 nitrogen and oxygen atoms in total. The predicted molar refractivity (Wildman–Crippen MR) is 196 cm³/mol. The first kappa shape index (κ1) is 35.6. The number of halogens is 1. The molecule has 270 valence electrons. The number of carbonyl (C=O) groups excluding carboxylic acids is 2. The van der Waals surface area contributed by atoms with Crippen LogP contribution < -0.4 is 10.6 Å².